The van der Waals surface area contributed by atoms with Gasteiger partial charge in [0.15, 0.2) is 0 Å². The van der Waals surface area contributed by atoms with Crippen molar-refractivity contribution >= 4 is 5.97 Å². The smallest absolute Gasteiger partial charge is 0.305 e. The first kappa shape index (κ1) is 36.5. The van der Waals surface area contributed by atoms with Crippen LogP contribution in [0.2, 0.25) is 0 Å². The number of unbranched alkanes of at least 4 members (excludes halogenated alkanes) is 22. The number of carbonyl (C=O) groups is 1. The second kappa shape index (κ2) is 28.5. The summed E-state index contributed by atoms with van der Waals surface area (Å²) < 4.78 is 5.88. The summed E-state index contributed by atoms with van der Waals surface area (Å²) in [5.74, 6) is 0.0426. The molecule has 0 aromatic heterocycles. The van der Waals surface area contributed by atoms with E-state index in [0.717, 1.165) is 6.42 Å². The maximum atomic E-state index is 12.5. The Kier molecular flexibility index (Phi) is 28.1. The molecule has 0 amide bonds. The van der Waals surface area contributed by atoms with Crippen molar-refractivity contribution in [2.75, 3.05) is 6.61 Å². The van der Waals surface area contributed by atoms with Crippen molar-refractivity contribution in [3.05, 3.63) is 0 Å². The highest BCUT2D eigenvalue weighted by Crippen LogP contribution is 2.32. The molecule has 0 spiro atoms. The summed E-state index contributed by atoms with van der Waals surface area (Å²) in [5, 5.41) is 0. The van der Waals surface area contributed by atoms with Gasteiger partial charge < -0.3 is 4.74 Å². The standard InChI is InChI=1S/C35H70O2/c1-5-8-11-14-17-19-20-21-22-24-27-30-34(36)37-33-35(4,31-28-25-16-13-10-7-3)32-29-26-23-18-15-12-9-6-2/h5-33H2,1-4H3. The first-order valence-electron chi connectivity index (χ1n) is 17.2. The van der Waals surface area contributed by atoms with E-state index in [1.807, 2.05) is 0 Å². The van der Waals surface area contributed by atoms with E-state index in [2.05, 4.69) is 27.7 Å². The molecule has 1 atom stereocenters. The lowest BCUT2D eigenvalue weighted by atomic mass is 9.80. The third-order valence-electron chi connectivity index (χ3n) is 8.33. The Morgan fingerprint density at radius 1 is 0.459 bits per heavy atom. The summed E-state index contributed by atoms with van der Waals surface area (Å²) in [6.45, 7) is 9.87. The van der Waals surface area contributed by atoms with Gasteiger partial charge in [-0.2, -0.15) is 0 Å². The number of hydrogen-bond acceptors (Lipinski definition) is 2. The molecule has 0 aliphatic heterocycles. The fraction of sp³-hybridized carbons (Fsp3) is 0.971. The Labute approximate surface area is 234 Å². The molecule has 0 saturated heterocycles. The molecule has 0 radical (unpaired) electrons. The second-order valence-electron chi connectivity index (χ2n) is 12.5. The molecule has 37 heavy (non-hydrogen) atoms. The van der Waals surface area contributed by atoms with Crippen molar-refractivity contribution in [3.63, 3.8) is 0 Å². The summed E-state index contributed by atoms with van der Waals surface area (Å²) >= 11 is 0. The van der Waals surface area contributed by atoms with Crippen LogP contribution in [0.15, 0.2) is 0 Å². The molecule has 0 rings (SSSR count). The predicted molar refractivity (Wildman–Crippen MR) is 165 cm³/mol. The van der Waals surface area contributed by atoms with Crippen molar-refractivity contribution < 1.29 is 9.53 Å². The fourth-order valence-corrected chi connectivity index (χ4v) is 5.55. The van der Waals surface area contributed by atoms with Gasteiger partial charge in [0, 0.05) is 11.8 Å². The predicted octanol–water partition coefficient (Wildman–Crippen LogP) is 12.5. The zero-order valence-corrected chi connectivity index (χ0v) is 26.3. The quantitative estimate of drug-likeness (QED) is 0.0692. The Morgan fingerprint density at radius 2 is 0.757 bits per heavy atom. The number of hydrogen-bond donors (Lipinski definition) is 0. The molecule has 222 valence electrons. The summed E-state index contributed by atoms with van der Waals surface area (Å²) in [5.41, 5.74) is 0.166. The SMILES string of the molecule is CCCCCCCCCCCCCC(=O)OCC(C)(CCCCCCCC)CCCCCCCCCC. The van der Waals surface area contributed by atoms with E-state index in [9.17, 15) is 4.79 Å². The Bertz CT molecular complexity index is 460. The second-order valence-corrected chi connectivity index (χ2v) is 12.5. The number of esters is 1. The van der Waals surface area contributed by atoms with Crippen LogP contribution in [0.1, 0.15) is 207 Å². The lowest BCUT2D eigenvalue weighted by Gasteiger charge is -2.29. The van der Waals surface area contributed by atoms with E-state index in [-0.39, 0.29) is 11.4 Å². The highest BCUT2D eigenvalue weighted by Gasteiger charge is 2.25. The van der Waals surface area contributed by atoms with E-state index in [4.69, 9.17) is 4.74 Å². The van der Waals surface area contributed by atoms with Gasteiger partial charge in [0.2, 0.25) is 0 Å². The van der Waals surface area contributed by atoms with Crippen LogP contribution in [0.25, 0.3) is 0 Å². The highest BCUT2D eigenvalue weighted by molar-refractivity contribution is 5.69. The third kappa shape index (κ3) is 26.8. The maximum absolute atomic E-state index is 12.5. The Morgan fingerprint density at radius 3 is 1.11 bits per heavy atom. The van der Waals surface area contributed by atoms with Crippen LogP contribution in [-0.4, -0.2) is 12.6 Å². The van der Waals surface area contributed by atoms with Crippen LogP contribution >= 0.6 is 0 Å². The summed E-state index contributed by atoms with van der Waals surface area (Å²) in [4.78, 5) is 12.5. The average molecular weight is 523 g/mol. The van der Waals surface area contributed by atoms with E-state index < -0.39 is 0 Å². The van der Waals surface area contributed by atoms with Crippen molar-refractivity contribution in [1.82, 2.24) is 0 Å². The van der Waals surface area contributed by atoms with Crippen molar-refractivity contribution in [1.29, 1.82) is 0 Å². The molecule has 0 aromatic rings. The van der Waals surface area contributed by atoms with Crippen LogP contribution in [0, 0.1) is 5.41 Å². The van der Waals surface area contributed by atoms with Crippen LogP contribution in [-0.2, 0) is 9.53 Å². The number of ether oxygens (including phenoxy) is 1. The number of carbonyl (C=O) groups excluding carboxylic acids is 1. The molecular weight excluding hydrogens is 452 g/mol. The normalized spacial score (nSPS) is 13.1. The summed E-state index contributed by atoms with van der Waals surface area (Å²) in [7, 11) is 0. The molecule has 0 fully saturated rings. The van der Waals surface area contributed by atoms with Crippen molar-refractivity contribution in [3.8, 4) is 0 Å². The molecule has 0 heterocycles. The van der Waals surface area contributed by atoms with Gasteiger partial charge in [-0.25, -0.2) is 0 Å². The van der Waals surface area contributed by atoms with Gasteiger partial charge in [-0.3, -0.25) is 4.79 Å². The third-order valence-corrected chi connectivity index (χ3v) is 8.33. The van der Waals surface area contributed by atoms with Crippen LogP contribution < -0.4 is 0 Å². The molecule has 0 saturated carbocycles. The van der Waals surface area contributed by atoms with Gasteiger partial charge in [0.05, 0.1) is 6.61 Å². The number of rotatable bonds is 30. The van der Waals surface area contributed by atoms with E-state index in [1.54, 1.807) is 0 Å². The lowest BCUT2D eigenvalue weighted by Crippen LogP contribution is -2.25. The van der Waals surface area contributed by atoms with Crippen molar-refractivity contribution in [2.24, 2.45) is 5.41 Å². The van der Waals surface area contributed by atoms with Gasteiger partial charge in [-0.05, 0) is 19.3 Å². The highest BCUT2D eigenvalue weighted by atomic mass is 16.5. The first-order chi connectivity index (χ1) is 18.1. The van der Waals surface area contributed by atoms with Gasteiger partial charge in [0.25, 0.3) is 0 Å². The van der Waals surface area contributed by atoms with E-state index in [1.165, 1.54) is 167 Å². The van der Waals surface area contributed by atoms with Gasteiger partial charge in [-0.1, -0.05) is 182 Å². The molecular formula is C35H70O2. The minimum absolute atomic E-state index is 0.0426. The van der Waals surface area contributed by atoms with Gasteiger partial charge in [0.1, 0.15) is 0 Å². The largest absolute Gasteiger partial charge is 0.465 e. The molecule has 2 heteroatoms. The van der Waals surface area contributed by atoms with Crippen LogP contribution in [0.4, 0.5) is 0 Å². The van der Waals surface area contributed by atoms with Gasteiger partial charge >= 0.3 is 5.97 Å². The van der Waals surface area contributed by atoms with Crippen LogP contribution in [0.3, 0.4) is 0 Å². The Hall–Kier alpha value is -0.530. The minimum Gasteiger partial charge on any atom is -0.465 e. The zero-order valence-electron chi connectivity index (χ0n) is 26.3. The maximum Gasteiger partial charge on any atom is 0.305 e. The van der Waals surface area contributed by atoms with E-state index in [0.29, 0.717) is 13.0 Å². The first-order valence-corrected chi connectivity index (χ1v) is 17.2. The summed E-state index contributed by atoms with van der Waals surface area (Å²) in [6.07, 6.45) is 36.5. The van der Waals surface area contributed by atoms with Crippen LogP contribution in [0.5, 0.6) is 0 Å². The fourth-order valence-electron chi connectivity index (χ4n) is 5.55. The molecule has 1 unspecified atom stereocenters. The minimum atomic E-state index is 0.0426. The molecule has 0 N–H and O–H groups in total. The molecule has 0 aromatic carbocycles. The van der Waals surface area contributed by atoms with Gasteiger partial charge in [-0.15, -0.1) is 0 Å². The molecule has 2 nitrogen and oxygen atoms in total. The lowest BCUT2D eigenvalue weighted by molar-refractivity contribution is -0.147. The average Bonchev–Trinajstić information content (AvgIpc) is 2.90. The molecule has 0 bridgehead atoms. The zero-order chi connectivity index (χ0) is 27.3. The summed E-state index contributed by atoms with van der Waals surface area (Å²) in [6, 6.07) is 0. The van der Waals surface area contributed by atoms with Crippen molar-refractivity contribution in [2.45, 2.75) is 207 Å². The topological polar surface area (TPSA) is 26.3 Å². The molecule has 0 aliphatic rings. The monoisotopic (exact) mass is 523 g/mol. The van der Waals surface area contributed by atoms with E-state index >= 15 is 0 Å². The molecule has 0 aliphatic carbocycles. The Balaban J connectivity index is 4.08.